The zero-order valence-electron chi connectivity index (χ0n) is 16.1. The number of thiophene rings is 1. The highest BCUT2D eigenvalue weighted by Gasteiger charge is 2.44. The zero-order chi connectivity index (χ0) is 20.0. The maximum absolute atomic E-state index is 12.8. The van der Waals surface area contributed by atoms with E-state index in [0.29, 0.717) is 38.5 Å². The SMILES string of the molecule is Nc1cnc(-c2cc3c(s2)CCOC32CCN(C(=O)[C@H]3C[C@@H](O)CN3)CC2)cn1. The topological polar surface area (TPSA) is 114 Å². The lowest BCUT2D eigenvalue weighted by molar-refractivity contribution is -0.142. The number of likely N-dealkylation sites (tertiary alicyclic amines) is 1. The normalized spacial score (nSPS) is 25.9. The molecule has 3 aliphatic heterocycles. The number of ether oxygens (including phenoxy) is 1. The average molecular weight is 416 g/mol. The summed E-state index contributed by atoms with van der Waals surface area (Å²) in [4.78, 5) is 25.7. The molecule has 0 aliphatic carbocycles. The minimum atomic E-state index is -0.426. The Balaban J connectivity index is 1.34. The Labute approximate surface area is 173 Å². The van der Waals surface area contributed by atoms with Gasteiger partial charge in [-0.2, -0.15) is 0 Å². The number of aromatic nitrogens is 2. The van der Waals surface area contributed by atoms with Gasteiger partial charge in [0.15, 0.2) is 0 Å². The number of nitrogens with zero attached hydrogens (tertiary/aromatic N) is 3. The molecule has 0 radical (unpaired) electrons. The number of nitrogens with one attached hydrogen (secondary N) is 1. The molecule has 2 saturated heterocycles. The minimum Gasteiger partial charge on any atom is -0.392 e. The number of nitrogen functional groups attached to an aromatic ring is 1. The van der Waals surface area contributed by atoms with E-state index in [1.807, 2.05) is 4.90 Å². The van der Waals surface area contributed by atoms with Crippen LogP contribution in [0.2, 0.25) is 0 Å². The number of nitrogens with two attached hydrogens (primary N) is 1. The van der Waals surface area contributed by atoms with Crippen molar-refractivity contribution in [2.45, 2.75) is 43.4 Å². The van der Waals surface area contributed by atoms with E-state index in [0.717, 1.165) is 29.8 Å². The number of fused-ring (bicyclic) bond motifs is 2. The molecule has 3 aliphatic rings. The fourth-order valence-corrected chi connectivity index (χ4v) is 5.83. The predicted octanol–water partition coefficient (Wildman–Crippen LogP) is 0.900. The van der Waals surface area contributed by atoms with Gasteiger partial charge in [0.2, 0.25) is 5.91 Å². The summed E-state index contributed by atoms with van der Waals surface area (Å²) in [6.07, 6.45) is 5.83. The largest absolute Gasteiger partial charge is 0.392 e. The third-order valence-corrected chi connectivity index (χ3v) is 7.44. The molecule has 2 atom stereocenters. The van der Waals surface area contributed by atoms with Crippen molar-refractivity contribution < 1.29 is 14.6 Å². The molecule has 0 saturated carbocycles. The third-order valence-electron chi connectivity index (χ3n) is 6.22. The molecule has 5 rings (SSSR count). The van der Waals surface area contributed by atoms with Crippen LogP contribution in [0, 0.1) is 0 Å². The second-order valence-electron chi connectivity index (χ2n) is 8.04. The number of hydrogen-bond donors (Lipinski definition) is 3. The first kappa shape index (κ1) is 18.9. The van der Waals surface area contributed by atoms with Gasteiger partial charge >= 0.3 is 0 Å². The van der Waals surface area contributed by atoms with Crippen LogP contribution in [-0.2, 0) is 21.6 Å². The molecule has 154 valence electrons. The number of anilines is 1. The number of aliphatic hydroxyl groups is 1. The van der Waals surface area contributed by atoms with E-state index >= 15 is 0 Å². The summed E-state index contributed by atoms with van der Waals surface area (Å²) in [5, 5.41) is 12.8. The lowest BCUT2D eigenvalue weighted by atomic mass is 9.82. The summed E-state index contributed by atoms with van der Waals surface area (Å²) >= 11 is 1.75. The van der Waals surface area contributed by atoms with Crippen molar-refractivity contribution in [2.75, 3.05) is 32.0 Å². The first-order valence-electron chi connectivity index (χ1n) is 10.1. The Kier molecular flexibility index (Phi) is 4.78. The van der Waals surface area contributed by atoms with Crippen LogP contribution in [0.4, 0.5) is 5.82 Å². The fourth-order valence-electron chi connectivity index (χ4n) is 4.64. The van der Waals surface area contributed by atoms with Gasteiger partial charge in [-0.3, -0.25) is 4.79 Å². The number of carbonyl (C=O) groups excluding carboxylic acids is 1. The van der Waals surface area contributed by atoms with E-state index in [-0.39, 0.29) is 17.6 Å². The number of amides is 1. The quantitative estimate of drug-likeness (QED) is 0.668. The van der Waals surface area contributed by atoms with E-state index in [1.54, 1.807) is 23.7 Å². The van der Waals surface area contributed by atoms with Crippen LogP contribution in [0.1, 0.15) is 29.7 Å². The Morgan fingerprint density at radius 1 is 1.34 bits per heavy atom. The summed E-state index contributed by atoms with van der Waals surface area (Å²) in [5.74, 6) is 0.506. The fraction of sp³-hybridized carbons (Fsp3) is 0.550. The summed E-state index contributed by atoms with van der Waals surface area (Å²) in [6.45, 7) is 2.52. The molecule has 2 aromatic heterocycles. The van der Waals surface area contributed by atoms with Gasteiger partial charge < -0.3 is 25.8 Å². The standard InChI is InChI=1S/C20H25N5O3S/c21-18-11-23-15(10-24-18)17-8-13-16(29-17)1-6-28-20(13)2-4-25(5-3-20)19(27)14-7-12(26)9-22-14/h8,10-12,14,22,26H,1-7,9H2,(H2,21,24)/t12-,14-/m1/s1. The van der Waals surface area contributed by atoms with Crippen molar-refractivity contribution in [3.63, 3.8) is 0 Å². The Hall–Kier alpha value is -2.07. The van der Waals surface area contributed by atoms with Crippen LogP contribution >= 0.6 is 11.3 Å². The van der Waals surface area contributed by atoms with Crippen molar-refractivity contribution in [3.05, 3.63) is 28.9 Å². The van der Waals surface area contributed by atoms with Crippen molar-refractivity contribution in [1.82, 2.24) is 20.2 Å². The van der Waals surface area contributed by atoms with Crippen LogP contribution < -0.4 is 11.1 Å². The van der Waals surface area contributed by atoms with Crippen molar-refractivity contribution in [3.8, 4) is 10.6 Å². The molecular weight excluding hydrogens is 390 g/mol. The summed E-state index contributed by atoms with van der Waals surface area (Å²) < 4.78 is 6.33. The highest BCUT2D eigenvalue weighted by molar-refractivity contribution is 7.15. The monoisotopic (exact) mass is 415 g/mol. The molecule has 1 amide bonds. The van der Waals surface area contributed by atoms with Gasteiger partial charge in [0.05, 0.1) is 47.3 Å². The van der Waals surface area contributed by atoms with Gasteiger partial charge in [0.1, 0.15) is 5.82 Å². The van der Waals surface area contributed by atoms with Crippen LogP contribution in [-0.4, -0.2) is 64.3 Å². The number of β-amino-alcohol motifs (C(OH)–C–C–N with tert-alkyl or cyclic N) is 1. The molecule has 0 unspecified atom stereocenters. The minimum absolute atomic E-state index is 0.0931. The molecule has 29 heavy (non-hydrogen) atoms. The van der Waals surface area contributed by atoms with E-state index < -0.39 is 6.10 Å². The first-order chi connectivity index (χ1) is 14.0. The summed E-state index contributed by atoms with van der Waals surface area (Å²) in [7, 11) is 0. The zero-order valence-corrected chi connectivity index (χ0v) is 17.0. The lowest BCUT2D eigenvalue weighted by Gasteiger charge is -2.44. The van der Waals surface area contributed by atoms with Crippen LogP contribution in [0.5, 0.6) is 0 Å². The molecule has 5 heterocycles. The van der Waals surface area contributed by atoms with E-state index in [2.05, 4.69) is 21.4 Å². The molecule has 1 spiro atoms. The van der Waals surface area contributed by atoms with Crippen molar-refractivity contribution in [2.24, 2.45) is 0 Å². The Morgan fingerprint density at radius 2 is 2.17 bits per heavy atom. The number of piperidine rings is 1. The Morgan fingerprint density at radius 3 is 2.86 bits per heavy atom. The van der Waals surface area contributed by atoms with Crippen LogP contribution in [0.3, 0.4) is 0 Å². The predicted molar refractivity (Wildman–Crippen MR) is 109 cm³/mol. The van der Waals surface area contributed by atoms with Crippen LogP contribution in [0.25, 0.3) is 10.6 Å². The third kappa shape index (κ3) is 3.42. The second-order valence-corrected chi connectivity index (χ2v) is 9.18. The molecule has 8 nitrogen and oxygen atoms in total. The molecular formula is C20H25N5O3S. The lowest BCUT2D eigenvalue weighted by Crippen LogP contribution is -2.51. The maximum Gasteiger partial charge on any atom is 0.239 e. The van der Waals surface area contributed by atoms with Gasteiger partial charge in [0.25, 0.3) is 0 Å². The Bertz CT molecular complexity index is 907. The van der Waals surface area contributed by atoms with Crippen molar-refractivity contribution >= 4 is 23.1 Å². The van der Waals surface area contributed by atoms with Gasteiger partial charge in [-0.25, -0.2) is 9.97 Å². The van der Waals surface area contributed by atoms with E-state index in [1.165, 1.54) is 10.4 Å². The molecule has 2 fully saturated rings. The first-order valence-corrected chi connectivity index (χ1v) is 10.9. The number of aliphatic hydroxyl groups excluding tert-OH is 1. The highest BCUT2D eigenvalue weighted by atomic mass is 32.1. The average Bonchev–Trinajstić information content (AvgIpc) is 3.36. The second kappa shape index (κ2) is 7.32. The summed E-state index contributed by atoms with van der Waals surface area (Å²) in [5.41, 5.74) is 7.40. The van der Waals surface area contributed by atoms with E-state index in [9.17, 15) is 9.90 Å². The number of carbonyl (C=O) groups is 1. The van der Waals surface area contributed by atoms with Gasteiger partial charge in [-0.15, -0.1) is 11.3 Å². The van der Waals surface area contributed by atoms with E-state index in [4.69, 9.17) is 10.5 Å². The maximum atomic E-state index is 12.8. The van der Waals surface area contributed by atoms with Gasteiger partial charge in [0, 0.05) is 30.9 Å². The van der Waals surface area contributed by atoms with Crippen molar-refractivity contribution in [1.29, 1.82) is 0 Å². The summed E-state index contributed by atoms with van der Waals surface area (Å²) in [6, 6.07) is 1.92. The molecule has 2 aromatic rings. The number of rotatable bonds is 2. The van der Waals surface area contributed by atoms with Crippen LogP contribution in [0.15, 0.2) is 18.5 Å². The number of hydrogen-bond acceptors (Lipinski definition) is 8. The molecule has 4 N–H and O–H groups in total. The van der Waals surface area contributed by atoms with Gasteiger partial charge in [-0.1, -0.05) is 0 Å². The van der Waals surface area contributed by atoms with Gasteiger partial charge in [-0.05, 0) is 30.9 Å². The molecule has 9 heteroatoms. The smallest absolute Gasteiger partial charge is 0.239 e. The highest BCUT2D eigenvalue weighted by Crippen LogP contribution is 2.46. The molecule has 0 bridgehead atoms. The molecule has 0 aromatic carbocycles.